The molecular formula is C15H23ClN2O2. The average Bonchev–Trinajstić information content (AvgIpc) is 2.48. The van der Waals surface area contributed by atoms with Crippen LogP contribution < -0.4 is 10.6 Å². The molecule has 2 atom stereocenters. The number of amides is 1. The molecule has 112 valence electrons. The van der Waals surface area contributed by atoms with Gasteiger partial charge in [-0.05, 0) is 12.0 Å². The minimum atomic E-state index is -0.364. The first-order valence-electron chi connectivity index (χ1n) is 6.99. The second kappa shape index (κ2) is 8.95. The molecule has 1 aliphatic heterocycles. The summed E-state index contributed by atoms with van der Waals surface area (Å²) in [6.07, 6.45) is 1.61. The number of hydrogen-bond donors (Lipinski definition) is 2. The molecule has 2 rings (SSSR count). The average molecular weight is 299 g/mol. The lowest BCUT2D eigenvalue weighted by molar-refractivity contribution is -0.135. The molecule has 0 aromatic heterocycles. The van der Waals surface area contributed by atoms with E-state index in [0.29, 0.717) is 13.2 Å². The first kappa shape index (κ1) is 17.0. The summed E-state index contributed by atoms with van der Waals surface area (Å²) in [5, 5.41) is 6.27. The third-order valence-electron chi connectivity index (χ3n) is 3.32. The molecule has 1 aromatic carbocycles. The van der Waals surface area contributed by atoms with Crippen molar-refractivity contribution in [3.05, 3.63) is 35.9 Å². The van der Waals surface area contributed by atoms with Crippen molar-refractivity contribution in [3.8, 4) is 0 Å². The summed E-state index contributed by atoms with van der Waals surface area (Å²) in [4.78, 5) is 12.2. The molecule has 1 heterocycles. The second-order valence-electron chi connectivity index (χ2n) is 4.82. The summed E-state index contributed by atoms with van der Waals surface area (Å²) >= 11 is 0. The fourth-order valence-electron chi connectivity index (χ4n) is 2.29. The molecule has 1 aliphatic rings. The van der Waals surface area contributed by atoms with Crippen LogP contribution in [0, 0.1) is 0 Å². The molecule has 0 spiro atoms. The van der Waals surface area contributed by atoms with Crippen molar-refractivity contribution in [2.24, 2.45) is 0 Å². The van der Waals surface area contributed by atoms with Crippen molar-refractivity contribution < 1.29 is 9.53 Å². The Bertz CT molecular complexity index is 394. The largest absolute Gasteiger partial charge is 0.366 e. The van der Waals surface area contributed by atoms with Gasteiger partial charge in [-0.25, -0.2) is 0 Å². The summed E-state index contributed by atoms with van der Waals surface area (Å²) in [6.45, 7) is 4.14. The smallest absolute Gasteiger partial charge is 0.250 e. The van der Waals surface area contributed by atoms with E-state index < -0.39 is 0 Å². The van der Waals surface area contributed by atoms with Crippen LogP contribution in [0.5, 0.6) is 0 Å². The number of ether oxygens (including phenoxy) is 1. The Morgan fingerprint density at radius 3 is 2.80 bits per heavy atom. The molecular weight excluding hydrogens is 276 g/mol. The maximum Gasteiger partial charge on any atom is 0.250 e. The molecule has 1 saturated heterocycles. The fraction of sp³-hybridized carbons (Fsp3) is 0.533. The van der Waals surface area contributed by atoms with Gasteiger partial charge in [0, 0.05) is 13.1 Å². The van der Waals surface area contributed by atoms with Gasteiger partial charge in [-0.2, -0.15) is 0 Å². The zero-order valence-electron chi connectivity index (χ0n) is 11.8. The lowest BCUT2D eigenvalue weighted by Gasteiger charge is -2.26. The van der Waals surface area contributed by atoms with E-state index in [0.717, 1.165) is 24.9 Å². The first-order chi connectivity index (χ1) is 9.31. The van der Waals surface area contributed by atoms with Gasteiger partial charge in [0.1, 0.15) is 6.10 Å². The third-order valence-corrected chi connectivity index (χ3v) is 3.32. The molecule has 4 nitrogen and oxygen atoms in total. The number of carbonyl (C=O) groups excluding carboxylic acids is 1. The second-order valence-corrected chi connectivity index (χ2v) is 4.82. The van der Waals surface area contributed by atoms with E-state index >= 15 is 0 Å². The van der Waals surface area contributed by atoms with Gasteiger partial charge in [-0.15, -0.1) is 12.4 Å². The van der Waals surface area contributed by atoms with Crippen LogP contribution in [0.25, 0.3) is 0 Å². The van der Waals surface area contributed by atoms with E-state index in [1.807, 2.05) is 18.2 Å². The van der Waals surface area contributed by atoms with Crippen LogP contribution in [0.1, 0.15) is 31.4 Å². The van der Waals surface area contributed by atoms with Crippen molar-refractivity contribution in [2.75, 3.05) is 19.7 Å². The Balaban J connectivity index is 0.00000200. The molecule has 0 saturated carbocycles. The van der Waals surface area contributed by atoms with Crippen LogP contribution in [-0.2, 0) is 9.53 Å². The number of halogens is 1. The molecule has 1 aromatic rings. The maximum absolute atomic E-state index is 12.2. The van der Waals surface area contributed by atoms with Gasteiger partial charge >= 0.3 is 0 Å². The minimum Gasteiger partial charge on any atom is -0.366 e. The maximum atomic E-state index is 12.2. The number of rotatable bonds is 5. The molecule has 2 N–H and O–H groups in total. The van der Waals surface area contributed by atoms with E-state index in [4.69, 9.17) is 4.74 Å². The van der Waals surface area contributed by atoms with Crippen LogP contribution in [-0.4, -0.2) is 31.7 Å². The Kier molecular flexibility index (Phi) is 7.59. The number of morpholine rings is 1. The van der Waals surface area contributed by atoms with E-state index in [-0.39, 0.29) is 30.5 Å². The van der Waals surface area contributed by atoms with E-state index in [9.17, 15) is 4.79 Å². The van der Waals surface area contributed by atoms with Gasteiger partial charge in [-0.1, -0.05) is 43.7 Å². The Labute approximate surface area is 126 Å². The molecule has 5 heteroatoms. The standard InChI is InChI=1S/C15H22N2O2.ClH/c1-2-6-13(12-7-4-3-5-8-12)17-15(18)14-11-16-9-10-19-14;/h3-5,7-8,13-14,16H,2,6,9-11H2,1H3,(H,17,18);1H. The highest BCUT2D eigenvalue weighted by atomic mass is 35.5. The van der Waals surface area contributed by atoms with Gasteiger partial charge in [0.25, 0.3) is 5.91 Å². The lowest BCUT2D eigenvalue weighted by Crippen LogP contribution is -2.48. The topological polar surface area (TPSA) is 50.4 Å². The molecule has 0 bridgehead atoms. The van der Waals surface area contributed by atoms with E-state index in [1.54, 1.807) is 0 Å². The number of carbonyl (C=O) groups is 1. The predicted molar refractivity (Wildman–Crippen MR) is 82.1 cm³/mol. The SMILES string of the molecule is CCCC(NC(=O)C1CNCCO1)c1ccccc1.Cl. The van der Waals surface area contributed by atoms with Crippen LogP contribution >= 0.6 is 12.4 Å². The van der Waals surface area contributed by atoms with Gasteiger partial charge in [0.15, 0.2) is 0 Å². The quantitative estimate of drug-likeness (QED) is 0.875. The Morgan fingerprint density at radius 1 is 1.45 bits per heavy atom. The van der Waals surface area contributed by atoms with Crippen LogP contribution in [0.3, 0.4) is 0 Å². The Morgan fingerprint density at radius 2 is 2.20 bits per heavy atom. The predicted octanol–water partition coefficient (Wildman–Crippen LogP) is 2.05. The number of hydrogen-bond acceptors (Lipinski definition) is 3. The van der Waals surface area contributed by atoms with Crippen molar-refractivity contribution in [1.29, 1.82) is 0 Å². The van der Waals surface area contributed by atoms with Gasteiger partial charge < -0.3 is 15.4 Å². The monoisotopic (exact) mass is 298 g/mol. The minimum absolute atomic E-state index is 0. The number of nitrogens with one attached hydrogen (secondary N) is 2. The van der Waals surface area contributed by atoms with Gasteiger partial charge in [0.05, 0.1) is 12.6 Å². The summed E-state index contributed by atoms with van der Waals surface area (Å²) in [5.74, 6) is -0.0190. The molecule has 1 amide bonds. The van der Waals surface area contributed by atoms with Crippen LogP contribution in [0.15, 0.2) is 30.3 Å². The van der Waals surface area contributed by atoms with Crippen LogP contribution in [0.4, 0.5) is 0 Å². The van der Waals surface area contributed by atoms with Crippen molar-refractivity contribution in [3.63, 3.8) is 0 Å². The zero-order chi connectivity index (χ0) is 13.5. The van der Waals surface area contributed by atoms with Gasteiger partial charge in [0.2, 0.25) is 0 Å². The Hall–Kier alpha value is -1.10. The fourth-order valence-corrected chi connectivity index (χ4v) is 2.29. The highest BCUT2D eigenvalue weighted by molar-refractivity contribution is 5.85. The van der Waals surface area contributed by atoms with Crippen LogP contribution in [0.2, 0.25) is 0 Å². The lowest BCUT2D eigenvalue weighted by atomic mass is 10.0. The van der Waals surface area contributed by atoms with Crippen molar-refractivity contribution >= 4 is 18.3 Å². The molecule has 1 fully saturated rings. The molecule has 0 radical (unpaired) electrons. The van der Waals surface area contributed by atoms with Gasteiger partial charge in [-0.3, -0.25) is 4.79 Å². The summed E-state index contributed by atoms with van der Waals surface area (Å²) in [7, 11) is 0. The summed E-state index contributed by atoms with van der Waals surface area (Å²) in [6, 6.07) is 10.2. The number of benzene rings is 1. The van der Waals surface area contributed by atoms with Crippen molar-refractivity contribution in [1.82, 2.24) is 10.6 Å². The highest BCUT2D eigenvalue weighted by Crippen LogP contribution is 2.18. The zero-order valence-corrected chi connectivity index (χ0v) is 12.6. The summed E-state index contributed by atoms with van der Waals surface area (Å²) in [5.41, 5.74) is 1.15. The highest BCUT2D eigenvalue weighted by Gasteiger charge is 2.24. The van der Waals surface area contributed by atoms with E-state index in [1.165, 1.54) is 0 Å². The summed E-state index contributed by atoms with van der Waals surface area (Å²) < 4.78 is 5.48. The molecule has 2 unspecified atom stereocenters. The van der Waals surface area contributed by atoms with Crippen molar-refractivity contribution in [2.45, 2.75) is 31.9 Å². The third kappa shape index (κ3) is 4.78. The first-order valence-corrected chi connectivity index (χ1v) is 6.99. The normalized spacial score (nSPS) is 19.8. The molecule has 0 aliphatic carbocycles. The van der Waals surface area contributed by atoms with E-state index in [2.05, 4.69) is 29.7 Å². The molecule has 20 heavy (non-hydrogen) atoms.